The minimum absolute atomic E-state index is 0.000369. The molecule has 0 aromatic heterocycles. The number of carbonyl (C=O) groups excluding carboxylic acids is 1. The molecule has 0 N–H and O–H groups in total. The summed E-state index contributed by atoms with van der Waals surface area (Å²) >= 11 is 5.69. The van der Waals surface area contributed by atoms with Gasteiger partial charge in [-0.2, -0.15) is 0 Å². The third-order valence-electron chi connectivity index (χ3n) is 2.44. The topological polar surface area (TPSA) is 51.2 Å². The van der Waals surface area contributed by atoms with E-state index in [0.29, 0.717) is 24.3 Å². The Labute approximate surface area is 107 Å². The van der Waals surface area contributed by atoms with Crippen molar-refractivity contribution in [3.05, 3.63) is 29.3 Å². The van der Waals surface area contributed by atoms with Gasteiger partial charge in [-0.15, -0.1) is 0 Å². The highest BCUT2D eigenvalue weighted by Crippen LogP contribution is 2.16. The fraction of sp³-hybridized carbons (Fsp3) is 0.417. The van der Waals surface area contributed by atoms with E-state index in [-0.39, 0.29) is 16.4 Å². The van der Waals surface area contributed by atoms with E-state index < -0.39 is 9.84 Å². The van der Waals surface area contributed by atoms with Crippen LogP contribution < -0.4 is 0 Å². The highest BCUT2D eigenvalue weighted by Gasteiger charge is 2.14. The van der Waals surface area contributed by atoms with Gasteiger partial charge in [-0.25, -0.2) is 8.42 Å². The lowest BCUT2D eigenvalue weighted by atomic mass is 10.2. The van der Waals surface area contributed by atoms with Gasteiger partial charge in [0.1, 0.15) is 5.78 Å². The second kappa shape index (κ2) is 6.17. The second-order valence-electron chi connectivity index (χ2n) is 3.77. The van der Waals surface area contributed by atoms with Crippen LogP contribution in [0.4, 0.5) is 0 Å². The van der Waals surface area contributed by atoms with E-state index in [2.05, 4.69) is 0 Å². The molecule has 3 nitrogen and oxygen atoms in total. The van der Waals surface area contributed by atoms with Gasteiger partial charge in [0.25, 0.3) is 0 Å². The molecule has 0 radical (unpaired) electrons. The van der Waals surface area contributed by atoms with Gasteiger partial charge in [0, 0.05) is 17.9 Å². The van der Waals surface area contributed by atoms with Gasteiger partial charge in [0.05, 0.1) is 10.6 Å². The van der Waals surface area contributed by atoms with Crippen molar-refractivity contribution in [1.29, 1.82) is 0 Å². The smallest absolute Gasteiger partial charge is 0.178 e. The average molecular weight is 275 g/mol. The number of hydrogen-bond donors (Lipinski definition) is 0. The maximum Gasteiger partial charge on any atom is 0.178 e. The van der Waals surface area contributed by atoms with Crippen LogP contribution in [-0.2, 0) is 14.6 Å². The van der Waals surface area contributed by atoms with Crippen LogP contribution in [0.25, 0.3) is 0 Å². The Hall–Kier alpha value is -0.870. The zero-order valence-electron chi connectivity index (χ0n) is 9.65. The lowest BCUT2D eigenvalue weighted by Crippen LogP contribution is -2.08. The molecule has 0 unspecified atom stereocenters. The lowest BCUT2D eigenvalue weighted by molar-refractivity contribution is -0.118. The number of hydrogen-bond acceptors (Lipinski definition) is 3. The highest BCUT2D eigenvalue weighted by atomic mass is 35.5. The van der Waals surface area contributed by atoms with Crippen LogP contribution in [0.2, 0.25) is 5.02 Å². The fourth-order valence-corrected chi connectivity index (χ4v) is 2.83. The zero-order valence-corrected chi connectivity index (χ0v) is 11.2. The lowest BCUT2D eigenvalue weighted by Gasteiger charge is -2.03. The van der Waals surface area contributed by atoms with Crippen LogP contribution >= 0.6 is 11.6 Å². The van der Waals surface area contributed by atoms with E-state index >= 15 is 0 Å². The fourth-order valence-electron chi connectivity index (χ4n) is 1.40. The van der Waals surface area contributed by atoms with Crippen molar-refractivity contribution in [3.8, 4) is 0 Å². The third kappa shape index (κ3) is 4.48. The molecule has 0 saturated carbocycles. The Balaban J connectivity index is 2.63. The molecule has 0 aliphatic rings. The summed E-state index contributed by atoms with van der Waals surface area (Å²) in [4.78, 5) is 11.3. The molecule has 0 heterocycles. The molecule has 1 aromatic carbocycles. The molecule has 1 rings (SSSR count). The van der Waals surface area contributed by atoms with Crippen LogP contribution in [0.15, 0.2) is 29.2 Å². The number of carbonyl (C=O) groups is 1. The Morgan fingerprint density at radius 1 is 1.24 bits per heavy atom. The van der Waals surface area contributed by atoms with E-state index in [1.807, 2.05) is 0 Å². The van der Waals surface area contributed by atoms with E-state index in [9.17, 15) is 13.2 Å². The Morgan fingerprint density at radius 3 is 2.35 bits per heavy atom. The van der Waals surface area contributed by atoms with Crippen molar-refractivity contribution >= 4 is 27.2 Å². The number of rotatable bonds is 6. The van der Waals surface area contributed by atoms with E-state index in [1.165, 1.54) is 12.1 Å². The molecule has 5 heteroatoms. The monoisotopic (exact) mass is 274 g/mol. The normalized spacial score (nSPS) is 11.4. The largest absolute Gasteiger partial charge is 0.300 e. The van der Waals surface area contributed by atoms with Crippen LogP contribution in [0.3, 0.4) is 0 Å². The third-order valence-corrected chi connectivity index (χ3v) is 4.50. The van der Waals surface area contributed by atoms with Crippen molar-refractivity contribution in [2.75, 3.05) is 5.75 Å². The van der Waals surface area contributed by atoms with E-state index in [0.717, 1.165) is 0 Å². The maximum atomic E-state index is 11.9. The summed E-state index contributed by atoms with van der Waals surface area (Å²) in [5, 5.41) is 0.505. The van der Waals surface area contributed by atoms with Crippen LogP contribution in [-0.4, -0.2) is 20.0 Å². The molecule has 94 valence electrons. The van der Waals surface area contributed by atoms with Gasteiger partial charge >= 0.3 is 0 Å². The number of Topliss-reactive ketones (excluding diaryl/α,β-unsaturated/α-hetero) is 1. The standard InChI is InChI=1S/C12H15ClO3S/c1-2-11(14)4-3-9-17(15,16)12-7-5-10(13)6-8-12/h5-8H,2-4,9H2,1H3. The van der Waals surface area contributed by atoms with Gasteiger partial charge in [0.15, 0.2) is 9.84 Å². The predicted octanol–water partition coefficient (Wildman–Crippen LogP) is 2.87. The summed E-state index contributed by atoms with van der Waals surface area (Å²) in [5.41, 5.74) is 0. The van der Waals surface area contributed by atoms with Crippen LogP contribution in [0, 0.1) is 0 Å². The van der Waals surface area contributed by atoms with E-state index in [1.54, 1.807) is 19.1 Å². The van der Waals surface area contributed by atoms with Crippen molar-refractivity contribution in [3.63, 3.8) is 0 Å². The summed E-state index contributed by atoms with van der Waals surface area (Å²) in [6.45, 7) is 1.77. The number of benzene rings is 1. The first-order valence-corrected chi connectivity index (χ1v) is 7.49. The van der Waals surface area contributed by atoms with Crippen molar-refractivity contribution in [1.82, 2.24) is 0 Å². The average Bonchev–Trinajstić information content (AvgIpc) is 2.29. The minimum atomic E-state index is -3.29. The van der Waals surface area contributed by atoms with Crippen molar-refractivity contribution in [2.45, 2.75) is 31.1 Å². The van der Waals surface area contributed by atoms with E-state index in [4.69, 9.17) is 11.6 Å². The quantitative estimate of drug-likeness (QED) is 0.801. The molecule has 0 aliphatic carbocycles. The SMILES string of the molecule is CCC(=O)CCCS(=O)(=O)c1ccc(Cl)cc1. The second-order valence-corrected chi connectivity index (χ2v) is 6.31. The Morgan fingerprint density at radius 2 is 1.82 bits per heavy atom. The number of ketones is 1. The van der Waals surface area contributed by atoms with Crippen LogP contribution in [0.1, 0.15) is 26.2 Å². The van der Waals surface area contributed by atoms with Gasteiger partial charge in [-0.3, -0.25) is 4.79 Å². The van der Waals surface area contributed by atoms with Gasteiger partial charge < -0.3 is 0 Å². The molecule has 0 bridgehead atoms. The first kappa shape index (κ1) is 14.2. The van der Waals surface area contributed by atoms with Crippen molar-refractivity contribution in [2.24, 2.45) is 0 Å². The molecule has 0 aliphatic heterocycles. The summed E-state index contributed by atoms with van der Waals surface area (Å²) in [6.07, 6.45) is 1.15. The molecule has 1 aromatic rings. The number of halogens is 1. The molecule has 0 amide bonds. The summed E-state index contributed by atoms with van der Waals surface area (Å²) in [7, 11) is -3.29. The number of sulfone groups is 1. The minimum Gasteiger partial charge on any atom is -0.300 e. The van der Waals surface area contributed by atoms with Crippen molar-refractivity contribution < 1.29 is 13.2 Å². The predicted molar refractivity (Wildman–Crippen MR) is 68.0 cm³/mol. The highest BCUT2D eigenvalue weighted by molar-refractivity contribution is 7.91. The van der Waals surface area contributed by atoms with Crippen LogP contribution in [0.5, 0.6) is 0 Å². The molecular formula is C12H15ClO3S. The first-order chi connectivity index (χ1) is 7.95. The van der Waals surface area contributed by atoms with Gasteiger partial charge in [-0.1, -0.05) is 18.5 Å². The molecule has 0 spiro atoms. The maximum absolute atomic E-state index is 11.9. The summed E-state index contributed by atoms with van der Waals surface area (Å²) in [5.74, 6) is 0.0942. The molecular weight excluding hydrogens is 260 g/mol. The first-order valence-electron chi connectivity index (χ1n) is 5.45. The zero-order chi connectivity index (χ0) is 12.9. The Bertz CT molecular complexity index is 477. The molecule has 17 heavy (non-hydrogen) atoms. The molecule has 0 fully saturated rings. The Kier molecular flexibility index (Phi) is 5.15. The van der Waals surface area contributed by atoms with Gasteiger partial charge in [0.2, 0.25) is 0 Å². The summed E-state index contributed by atoms with van der Waals surface area (Å²) < 4.78 is 23.7. The molecule has 0 atom stereocenters. The summed E-state index contributed by atoms with van der Waals surface area (Å²) in [6, 6.07) is 6.07. The van der Waals surface area contributed by atoms with Gasteiger partial charge in [-0.05, 0) is 30.7 Å². The molecule has 0 saturated heterocycles.